The molecule has 2 nitrogen and oxygen atoms in total. The van der Waals surface area contributed by atoms with Gasteiger partial charge in [-0.15, -0.1) is 18.2 Å². The van der Waals surface area contributed by atoms with Crippen LogP contribution in [0.1, 0.15) is 0 Å². The van der Waals surface area contributed by atoms with Gasteiger partial charge in [0.1, 0.15) is 0 Å². The summed E-state index contributed by atoms with van der Waals surface area (Å²) in [5.41, 5.74) is 7.36. The number of thioether (sulfide) groups is 1. The summed E-state index contributed by atoms with van der Waals surface area (Å²) in [6.45, 7) is 0. The average Bonchev–Trinajstić information content (AvgIpc) is 2.28. The first-order chi connectivity index (χ1) is 7.72. The van der Waals surface area contributed by atoms with Gasteiger partial charge in [-0.05, 0) is 12.1 Å². The largest absolute Gasteiger partial charge is 0.397 e. The second-order valence-corrected chi connectivity index (χ2v) is 4.62. The molecule has 1 aromatic heterocycles. The highest BCUT2D eigenvalue weighted by Crippen LogP contribution is 2.32. The van der Waals surface area contributed by atoms with Gasteiger partial charge in [-0.3, -0.25) is 4.98 Å². The normalized spacial score (nSPS) is 10.2. The number of aromatic nitrogens is 1. The van der Waals surface area contributed by atoms with Crippen molar-refractivity contribution < 1.29 is 0 Å². The lowest BCUT2D eigenvalue weighted by molar-refractivity contribution is 1.36. The van der Waals surface area contributed by atoms with Crippen molar-refractivity contribution in [3.63, 3.8) is 0 Å². The van der Waals surface area contributed by atoms with Crippen molar-refractivity contribution in [1.82, 2.24) is 4.98 Å². The molecule has 0 atom stereocenters. The van der Waals surface area contributed by atoms with Gasteiger partial charge in [0.05, 0.1) is 23.2 Å². The first-order valence-electron chi connectivity index (χ1n) is 4.62. The minimum atomic E-state index is 0.589. The number of nitrogens with zero attached hydrogens (tertiary/aromatic N) is 1. The van der Waals surface area contributed by atoms with E-state index in [0.717, 1.165) is 15.8 Å². The van der Waals surface area contributed by atoms with Crippen LogP contribution in [-0.4, -0.2) is 10.7 Å². The predicted octanol–water partition coefficient (Wildman–Crippen LogP) is 3.20. The van der Waals surface area contributed by atoms with E-state index < -0.39 is 0 Å². The zero-order valence-corrected chi connectivity index (χ0v) is 9.98. The molecular weight excluding hydrogens is 240 g/mol. The van der Waals surface area contributed by atoms with Crippen LogP contribution in [-0.2, 0) is 0 Å². The van der Waals surface area contributed by atoms with E-state index in [1.807, 2.05) is 18.2 Å². The molecule has 0 aliphatic rings. The van der Waals surface area contributed by atoms with Crippen LogP contribution in [0, 0.1) is 12.3 Å². The maximum Gasteiger partial charge on any atom is 0.0729 e. The lowest BCUT2D eigenvalue weighted by Crippen LogP contribution is -1.92. The van der Waals surface area contributed by atoms with Crippen molar-refractivity contribution in [3.05, 3.63) is 29.4 Å². The molecule has 16 heavy (non-hydrogen) atoms. The number of hydrogen-bond donors (Lipinski definition) is 1. The van der Waals surface area contributed by atoms with E-state index >= 15 is 0 Å². The molecule has 0 fully saturated rings. The zero-order valence-electron chi connectivity index (χ0n) is 8.40. The maximum absolute atomic E-state index is 5.90. The van der Waals surface area contributed by atoms with Crippen molar-refractivity contribution in [1.29, 1.82) is 0 Å². The van der Waals surface area contributed by atoms with E-state index in [4.69, 9.17) is 23.8 Å². The Hall–Kier alpha value is -1.37. The van der Waals surface area contributed by atoms with Gasteiger partial charge in [0.25, 0.3) is 0 Å². The summed E-state index contributed by atoms with van der Waals surface area (Å²) in [4.78, 5) is 5.21. The first-order valence-corrected chi connectivity index (χ1v) is 5.98. The predicted molar refractivity (Wildman–Crippen MR) is 70.7 cm³/mol. The highest BCUT2D eigenvalue weighted by atomic mass is 35.5. The topological polar surface area (TPSA) is 38.9 Å². The Bertz CT molecular complexity index is 575. The second-order valence-electron chi connectivity index (χ2n) is 3.20. The third kappa shape index (κ3) is 2.08. The van der Waals surface area contributed by atoms with E-state index in [9.17, 15) is 0 Å². The number of nitrogen functional groups attached to an aromatic ring is 1. The number of rotatable bonds is 2. The monoisotopic (exact) mass is 248 g/mol. The summed E-state index contributed by atoms with van der Waals surface area (Å²) in [6, 6.07) is 5.56. The van der Waals surface area contributed by atoms with Crippen molar-refractivity contribution in [2.24, 2.45) is 0 Å². The van der Waals surface area contributed by atoms with Crippen LogP contribution in [0.4, 0.5) is 5.69 Å². The van der Waals surface area contributed by atoms with Gasteiger partial charge < -0.3 is 5.73 Å². The van der Waals surface area contributed by atoms with Gasteiger partial charge in [0, 0.05) is 15.3 Å². The molecule has 2 aromatic rings. The summed E-state index contributed by atoms with van der Waals surface area (Å²) in [5.74, 6) is 3.17. The Morgan fingerprint density at radius 3 is 3.06 bits per heavy atom. The summed E-state index contributed by atoms with van der Waals surface area (Å²) in [5, 5.41) is 1.65. The minimum Gasteiger partial charge on any atom is -0.397 e. The van der Waals surface area contributed by atoms with Crippen molar-refractivity contribution in [2.45, 2.75) is 4.90 Å². The molecule has 0 unspecified atom stereocenters. The second kappa shape index (κ2) is 4.65. The van der Waals surface area contributed by atoms with Crippen LogP contribution < -0.4 is 5.73 Å². The third-order valence-electron chi connectivity index (χ3n) is 2.11. The molecule has 0 saturated carbocycles. The Kier molecular flexibility index (Phi) is 3.23. The molecule has 0 aliphatic carbocycles. The molecule has 80 valence electrons. The lowest BCUT2D eigenvalue weighted by atomic mass is 10.2. The molecular formula is C12H9ClN2S. The Morgan fingerprint density at radius 1 is 1.50 bits per heavy atom. The average molecular weight is 249 g/mol. The van der Waals surface area contributed by atoms with E-state index in [0.29, 0.717) is 16.5 Å². The van der Waals surface area contributed by atoms with Gasteiger partial charge in [-0.2, -0.15) is 0 Å². The molecule has 0 spiro atoms. The molecule has 2 N–H and O–H groups in total. The van der Waals surface area contributed by atoms with Gasteiger partial charge in [-0.25, -0.2) is 0 Å². The van der Waals surface area contributed by atoms with Crippen LogP contribution in [0.3, 0.4) is 0 Å². The molecule has 1 aromatic carbocycles. The van der Waals surface area contributed by atoms with Crippen molar-refractivity contribution >= 4 is 40.0 Å². The van der Waals surface area contributed by atoms with Crippen molar-refractivity contribution in [2.75, 3.05) is 11.5 Å². The Morgan fingerprint density at radius 2 is 2.31 bits per heavy atom. The highest BCUT2D eigenvalue weighted by Gasteiger charge is 2.07. The summed E-state index contributed by atoms with van der Waals surface area (Å²) >= 11 is 7.44. The number of hydrogen-bond acceptors (Lipinski definition) is 3. The Labute approximate surface area is 103 Å². The molecule has 2 rings (SSSR count). The molecule has 0 aliphatic heterocycles. The lowest BCUT2D eigenvalue weighted by Gasteiger charge is -2.07. The number of pyridine rings is 1. The van der Waals surface area contributed by atoms with Gasteiger partial charge in [0.15, 0.2) is 0 Å². The van der Waals surface area contributed by atoms with Crippen LogP contribution in [0.25, 0.3) is 10.9 Å². The van der Waals surface area contributed by atoms with E-state index in [2.05, 4.69) is 10.9 Å². The molecule has 0 radical (unpaired) electrons. The SMILES string of the molecule is C#CCSc1c(N)cnc2cc(Cl)ccc12. The number of nitrogens with two attached hydrogens (primary N) is 1. The quantitative estimate of drug-likeness (QED) is 0.655. The summed E-state index contributed by atoms with van der Waals surface area (Å²) < 4.78 is 0. The van der Waals surface area contributed by atoms with E-state index in [-0.39, 0.29) is 0 Å². The fraction of sp³-hybridized carbons (Fsp3) is 0.0833. The standard InChI is InChI=1S/C12H9ClN2S/c1-2-5-16-12-9-4-3-8(13)6-11(9)15-7-10(12)14/h1,3-4,6-7H,5,14H2. The van der Waals surface area contributed by atoms with Gasteiger partial charge in [-0.1, -0.05) is 23.6 Å². The highest BCUT2D eigenvalue weighted by molar-refractivity contribution is 7.99. The summed E-state index contributed by atoms with van der Waals surface area (Å²) in [6.07, 6.45) is 6.88. The minimum absolute atomic E-state index is 0.589. The smallest absolute Gasteiger partial charge is 0.0729 e. The molecule has 1 heterocycles. The zero-order chi connectivity index (χ0) is 11.5. The Balaban J connectivity index is 2.61. The van der Waals surface area contributed by atoms with E-state index in [1.165, 1.54) is 11.8 Å². The number of terminal acetylenes is 1. The van der Waals surface area contributed by atoms with Gasteiger partial charge in [0.2, 0.25) is 0 Å². The fourth-order valence-electron chi connectivity index (χ4n) is 1.43. The number of halogens is 1. The molecule has 0 amide bonds. The summed E-state index contributed by atoms with van der Waals surface area (Å²) in [7, 11) is 0. The van der Waals surface area contributed by atoms with Crippen LogP contribution in [0.5, 0.6) is 0 Å². The van der Waals surface area contributed by atoms with Crippen LogP contribution in [0.15, 0.2) is 29.3 Å². The number of anilines is 1. The number of benzene rings is 1. The van der Waals surface area contributed by atoms with Crippen molar-refractivity contribution in [3.8, 4) is 12.3 Å². The number of fused-ring (bicyclic) bond motifs is 1. The molecule has 0 bridgehead atoms. The van der Waals surface area contributed by atoms with E-state index in [1.54, 1.807) is 6.20 Å². The third-order valence-corrected chi connectivity index (χ3v) is 3.40. The van der Waals surface area contributed by atoms with Crippen LogP contribution >= 0.6 is 23.4 Å². The maximum atomic E-state index is 5.90. The molecule has 0 saturated heterocycles. The van der Waals surface area contributed by atoms with Gasteiger partial charge >= 0.3 is 0 Å². The molecule has 4 heteroatoms. The fourth-order valence-corrected chi connectivity index (χ4v) is 2.37. The first kappa shape index (κ1) is 11.1. The van der Waals surface area contributed by atoms with Crippen LogP contribution in [0.2, 0.25) is 5.02 Å².